The van der Waals surface area contributed by atoms with Gasteiger partial charge in [-0.25, -0.2) is 9.78 Å². The second-order valence-corrected chi connectivity index (χ2v) is 9.32. The minimum Gasteiger partial charge on any atom is -0.513 e. The fraction of sp³-hybridized carbons (Fsp3) is 0.227. The summed E-state index contributed by atoms with van der Waals surface area (Å²) in [6.45, 7) is 4.13. The number of aliphatic hydroxyl groups excluding tert-OH is 1. The molecule has 4 rings (SSSR count). The van der Waals surface area contributed by atoms with Gasteiger partial charge >= 0.3 is 5.69 Å². The largest absolute Gasteiger partial charge is 0.513 e. The first kappa shape index (κ1) is 22.7. The number of thiocarbonyl (C=S) groups is 1. The average Bonchev–Trinajstić information content (AvgIpc) is 3.31. The van der Waals surface area contributed by atoms with Gasteiger partial charge in [-0.2, -0.15) is 0 Å². The second-order valence-electron chi connectivity index (χ2n) is 7.64. The van der Waals surface area contributed by atoms with Crippen molar-refractivity contribution in [2.24, 2.45) is 14.1 Å². The zero-order valence-corrected chi connectivity index (χ0v) is 19.7. The van der Waals surface area contributed by atoms with E-state index >= 15 is 0 Å². The molecule has 33 heavy (non-hydrogen) atoms. The fourth-order valence-corrected chi connectivity index (χ4v) is 4.83. The standard InChI is InChI=1S/C22H21N5O4S2/c1-13(28)8-9-27-19(29)16(33-22(27)32)10-14-4-6-15(7-5-14)11-26-12-23-18-17(26)20(30)25(3)21(31)24(18)2/h4-7,10,12,28H,1,8-9,11H2,2-3H3/b16-10-. The number of thioether (sulfide) groups is 1. The molecule has 1 N–H and O–H groups in total. The number of aryl methyl sites for hydroxylation is 1. The summed E-state index contributed by atoms with van der Waals surface area (Å²) in [5, 5.41) is 9.28. The molecule has 0 unspecified atom stereocenters. The molecule has 1 aliphatic rings. The van der Waals surface area contributed by atoms with Gasteiger partial charge in [0.05, 0.1) is 17.0 Å². The van der Waals surface area contributed by atoms with Crippen LogP contribution in [0.25, 0.3) is 17.2 Å². The predicted molar refractivity (Wildman–Crippen MR) is 132 cm³/mol. The lowest BCUT2D eigenvalue weighted by molar-refractivity contribution is -0.122. The monoisotopic (exact) mass is 483 g/mol. The molecular weight excluding hydrogens is 462 g/mol. The summed E-state index contributed by atoms with van der Waals surface area (Å²) in [6, 6.07) is 7.57. The summed E-state index contributed by atoms with van der Waals surface area (Å²) < 4.78 is 4.58. The molecule has 1 fully saturated rings. The summed E-state index contributed by atoms with van der Waals surface area (Å²) in [5.74, 6) is -0.184. The second kappa shape index (κ2) is 8.83. The number of nitrogens with zero attached hydrogens (tertiary/aromatic N) is 5. The molecule has 1 amide bonds. The number of aliphatic hydroxyl groups is 1. The first-order valence-electron chi connectivity index (χ1n) is 9.99. The Bertz CT molecular complexity index is 1450. The molecule has 170 valence electrons. The molecule has 1 aliphatic heterocycles. The van der Waals surface area contributed by atoms with Crippen molar-refractivity contribution in [1.29, 1.82) is 0 Å². The van der Waals surface area contributed by atoms with Crippen LogP contribution in [-0.4, -0.2) is 45.5 Å². The van der Waals surface area contributed by atoms with E-state index in [9.17, 15) is 19.5 Å². The number of rotatable bonds is 6. The van der Waals surface area contributed by atoms with E-state index in [0.717, 1.165) is 15.7 Å². The van der Waals surface area contributed by atoms with E-state index in [1.54, 1.807) is 24.0 Å². The molecule has 1 aromatic carbocycles. The number of amides is 1. The molecule has 9 nitrogen and oxygen atoms in total. The number of benzene rings is 1. The average molecular weight is 484 g/mol. The van der Waals surface area contributed by atoms with Crippen LogP contribution in [0.15, 0.2) is 57.4 Å². The van der Waals surface area contributed by atoms with E-state index in [2.05, 4.69) is 11.6 Å². The lowest BCUT2D eigenvalue weighted by atomic mass is 10.1. The van der Waals surface area contributed by atoms with E-state index < -0.39 is 11.2 Å². The summed E-state index contributed by atoms with van der Waals surface area (Å²) in [4.78, 5) is 43.5. The topological polar surface area (TPSA) is 102 Å². The third-order valence-electron chi connectivity index (χ3n) is 5.35. The highest BCUT2D eigenvalue weighted by molar-refractivity contribution is 8.26. The van der Waals surface area contributed by atoms with Gasteiger partial charge in [0.2, 0.25) is 0 Å². The lowest BCUT2D eigenvalue weighted by Crippen LogP contribution is -2.37. The van der Waals surface area contributed by atoms with E-state index in [1.165, 1.54) is 28.3 Å². The van der Waals surface area contributed by atoms with Crippen molar-refractivity contribution in [3.05, 3.63) is 79.8 Å². The van der Waals surface area contributed by atoms with Crippen LogP contribution in [-0.2, 0) is 25.4 Å². The van der Waals surface area contributed by atoms with Gasteiger partial charge < -0.3 is 9.67 Å². The van der Waals surface area contributed by atoms with Crippen LogP contribution in [0.5, 0.6) is 0 Å². The Morgan fingerprint density at radius 1 is 1.18 bits per heavy atom. The molecule has 0 atom stereocenters. The molecule has 3 heterocycles. The van der Waals surface area contributed by atoms with Crippen molar-refractivity contribution in [2.75, 3.05) is 6.54 Å². The van der Waals surface area contributed by atoms with E-state index in [-0.39, 0.29) is 18.1 Å². The van der Waals surface area contributed by atoms with Crippen molar-refractivity contribution < 1.29 is 9.90 Å². The quantitative estimate of drug-likeness (QED) is 0.326. The first-order valence-corrected chi connectivity index (χ1v) is 11.2. The van der Waals surface area contributed by atoms with Crippen molar-refractivity contribution in [3.63, 3.8) is 0 Å². The maximum atomic E-state index is 12.6. The molecule has 0 aliphatic carbocycles. The van der Waals surface area contributed by atoms with E-state index in [1.807, 2.05) is 24.3 Å². The Hall–Kier alpha value is -3.44. The molecule has 0 spiro atoms. The number of hydrogen-bond donors (Lipinski definition) is 1. The van der Waals surface area contributed by atoms with Gasteiger partial charge in [-0.15, -0.1) is 0 Å². The SMILES string of the molecule is C=C(O)CCN1C(=O)/C(=C/c2ccc(Cn3cnc4c3c(=O)n(C)c(=O)n4C)cc2)SC1=S. The van der Waals surface area contributed by atoms with Crippen LogP contribution in [0.3, 0.4) is 0 Å². The van der Waals surface area contributed by atoms with Gasteiger partial charge in [-0.05, 0) is 17.2 Å². The molecule has 11 heteroatoms. The van der Waals surface area contributed by atoms with Crippen molar-refractivity contribution in [1.82, 2.24) is 23.6 Å². The summed E-state index contributed by atoms with van der Waals surface area (Å²) in [6.07, 6.45) is 3.59. The molecule has 1 saturated heterocycles. The third kappa shape index (κ3) is 4.29. The third-order valence-corrected chi connectivity index (χ3v) is 6.72. The predicted octanol–water partition coefficient (Wildman–Crippen LogP) is 2.14. The Morgan fingerprint density at radius 2 is 1.88 bits per heavy atom. The minimum absolute atomic E-state index is 0.00867. The molecule has 0 radical (unpaired) electrons. The van der Waals surface area contributed by atoms with Crippen LogP contribution < -0.4 is 11.2 Å². The van der Waals surface area contributed by atoms with Gasteiger partial charge in [0.15, 0.2) is 11.2 Å². The number of aromatic nitrogens is 4. The van der Waals surface area contributed by atoms with Crippen LogP contribution in [0.2, 0.25) is 0 Å². The number of carbonyl (C=O) groups excluding carboxylic acids is 1. The van der Waals surface area contributed by atoms with Gasteiger partial charge in [0.1, 0.15) is 4.32 Å². The van der Waals surface area contributed by atoms with Crippen LogP contribution in [0, 0.1) is 0 Å². The minimum atomic E-state index is -0.422. The van der Waals surface area contributed by atoms with Crippen LogP contribution in [0.1, 0.15) is 17.5 Å². The van der Waals surface area contributed by atoms with Gasteiger partial charge in [0.25, 0.3) is 11.5 Å². The normalized spacial score (nSPS) is 15.2. The van der Waals surface area contributed by atoms with Crippen LogP contribution in [0.4, 0.5) is 0 Å². The highest BCUT2D eigenvalue weighted by Gasteiger charge is 2.31. The van der Waals surface area contributed by atoms with Gasteiger partial charge in [0, 0.05) is 33.6 Å². The zero-order chi connectivity index (χ0) is 23.9. The number of carbonyl (C=O) groups is 1. The Kier molecular flexibility index (Phi) is 6.09. The zero-order valence-electron chi connectivity index (χ0n) is 18.0. The first-order chi connectivity index (χ1) is 15.7. The number of fused-ring (bicyclic) bond motifs is 1. The molecule has 2 aromatic heterocycles. The van der Waals surface area contributed by atoms with Crippen molar-refractivity contribution in [3.8, 4) is 0 Å². The molecule has 0 bridgehead atoms. The molecule has 3 aromatic rings. The molecule has 0 saturated carbocycles. The Labute approximate surface area is 198 Å². The van der Waals surface area contributed by atoms with Gasteiger partial charge in [-0.1, -0.05) is 54.8 Å². The maximum absolute atomic E-state index is 12.6. The molecular formula is C22H21N5O4S2. The smallest absolute Gasteiger partial charge is 0.332 e. The summed E-state index contributed by atoms with van der Waals surface area (Å²) in [7, 11) is 3.03. The highest BCUT2D eigenvalue weighted by atomic mass is 32.2. The van der Waals surface area contributed by atoms with E-state index in [0.29, 0.717) is 33.5 Å². The fourth-order valence-electron chi connectivity index (χ4n) is 3.52. The van der Waals surface area contributed by atoms with Crippen molar-refractivity contribution in [2.45, 2.75) is 13.0 Å². The number of hydrogen-bond acceptors (Lipinski definition) is 7. The lowest BCUT2D eigenvalue weighted by Gasteiger charge is -2.13. The van der Waals surface area contributed by atoms with Gasteiger partial charge in [-0.3, -0.25) is 23.6 Å². The maximum Gasteiger partial charge on any atom is 0.332 e. The highest BCUT2D eigenvalue weighted by Crippen LogP contribution is 2.32. The number of imidazole rings is 1. The van der Waals surface area contributed by atoms with E-state index in [4.69, 9.17) is 12.2 Å². The van der Waals surface area contributed by atoms with Crippen molar-refractivity contribution >= 4 is 51.4 Å². The Morgan fingerprint density at radius 3 is 2.55 bits per heavy atom. The summed E-state index contributed by atoms with van der Waals surface area (Å²) in [5.41, 5.74) is 1.64. The van der Waals surface area contributed by atoms with Crippen LogP contribution >= 0.6 is 24.0 Å². The summed E-state index contributed by atoms with van der Waals surface area (Å²) >= 11 is 6.51. The Balaban J connectivity index is 1.55.